The van der Waals surface area contributed by atoms with Crippen LogP contribution in [-0.4, -0.2) is 45.2 Å². The predicted octanol–water partition coefficient (Wildman–Crippen LogP) is 3.15. The number of nitrogens with one attached hydrogen (secondary N) is 2. The van der Waals surface area contributed by atoms with Gasteiger partial charge in [-0.3, -0.25) is 4.79 Å². The molecule has 0 aliphatic rings. The molecule has 4 N–H and O–H groups in total. The Balaban J connectivity index is 2.07. The average molecular weight is 371 g/mol. The Bertz CT molecular complexity index is 952. The Morgan fingerprint density at radius 1 is 1.04 bits per heavy atom. The second kappa shape index (κ2) is 8.49. The highest BCUT2D eigenvalue weighted by atomic mass is 32.1. The van der Waals surface area contributed by atoms with Crippen LogP contribution in [0.1, 0.15) is 6.42 Å². The molecule has 0 atom stereocenters. The van der Waals surface area contributed by atoms with Gasteiger partial charge in [-0.2, -0.15) is 0 Å². The van der Waals surface area contributed by atoms with Crippen molar-refractivity contribution in [3.8, 4) is 0 Å². The van der Waals surface area contributed by atoms with Gasteiger partial charge in [0.25, 0.3) is 0 Å². The zero-order chi connectivity index (χ0) is 18.5. The van der Waals surface area contributed by atoms with Gasteiger partial charge in [-0.1, -0.05) is 12.1 Å². The van der Waals surface area contributed by atoms with Gasteiger partial charge in [0.15, 0.2) is 5.43 Å². The summed E-state index contributed by atoms with van der Waals surface area (Å²) in [5.41, 5.74) is 7.60. The molecule has 3 rings (SSSR count). The highest BCUT2D eigenvalue weighted by Crippen LogP contribution is 2.34. The van der Waals surface area contributed by atoms with Gasteiger partial charge in [-0.25, -0.2) is 0 Å². The topological polar surface area (TPSA) is 70.4 Å². The van der Waals surface area contributed by atoms with E-state index in [1.165, 1.54) is 0 Å². The molecule has 6 heteroatoms. The second-order valence-electron chi connectivity index (χ2n) is 6.59. The molecular formula is C20H26N4OS. The largest absolute Gasteiger partial charge is 0.384 e. The molecule has 0 spiro atoms. The van der Waals surface area contributed by atoms with Crippen LogP contribution in [0.4, 0.5) is 11.4 Å². The maximum atomic E-state index is 13.2. The number of hydrogen-bond donors (Lipinski definition) is 3. The first-order valence-electron chi connectivity index (χ1n) is 8.93. The smallest absolute Gasteiger partial charge is 0.198 e. The number of benzene rings is 2. The molecule has 138 valence electrons. The van der Waals surface area contributed by atoms with E-state index in [1.807, 2.05) is 36.4 Å². The van der Waals surface area contributed by atoms with Crippen molar-refractivity contribution in [1.82, 2.24) is 4.90 Å². The summed E-state index contributed by atoms with van der Waals surface area (Å²) in [4.78, 5) is 15.3. The van der Waals surface area contributed by atoms with E-state index >= 15 is 0 Å². The van der Waals surface area contributed by atoms with E-state index in [4.69, 9.17) is 5.73 Å². The molecule has 0 unspecified atom stereocenters. The number of nitrogens with zero attached hydrogens (tertiary/aromatic N) is 1. The number of fused-ring (bicyclic) bond motifs is 2. The normalized spacial score (nSPS) is 11.4. The Labute approximate surface area is 157 Å². The first-order chi connectivity index (χ1) is 12.6. The van der Waals surface area contributed by atoms with Crippen LogP contribution in [0.15, 0.2) is 41.2 Å². The molecule has 5 nitrogen and oxygen atoms in total. The lowest BCUT2D eigenvalue weighted by molar-refractivity contribution is 0.405. The third-order valence-corrected chi connectivity index (χ3v) is 5.49. The fourth-order valence-corrected chi connectivity index (χ4v) is 4.21. The lowest BCUT2D eigenvalue weighted by atomic mass is 10.1. The molecule has 2 aromatic carbocycles. The molecule has 1 aromatic heterocycles. The quantitative estimate of drug-likeness (QED) is 0.420. The Hall–Kier alpha value is -2.15. The highest BCUT2D eigenvalue weighted by Gasteiger charge is 2.13. The van der Waals surface area contributed by atoms with Crippen molar-refractivity contribution < 1.29 is 0 Å². The summed E-state index contributed by atoms with van der Waals surface area (Å²) >= 11 is 1.65. The summed E-state index contributed by atoms with van der Waals surface area (Å²) in [5, 5.41) is 8.35. The molecule has 3 aromatic rings. The minimum Gasteiger partial charge on any atom is -0.384 e. The minimum absolute atomic E-state index is 0.0841. The third kappa shape index (κ3) is 3.98. The van der Waals surface area contributed by atoms with Crippen LogP contribution in [0.2, 0.25) is 0 Å². The minimum atomic E-state index is 0.0841. The number of anilines is 2. The van der Waals surface area contributed by atoms with Crippen LogP contribution in [0.3, 0.4) is 0 Å². The monoisotopic (exact) mass is 370 g/mol. The van der Waals surface area contributed by atoms with Crippen molar-refractivity contribution in [3.05, 3.63) is 46.6 Å². The van der Waals surface area contributed by atoms with Gasteiger partial charge < -0.3 is 21.3 Å². The van der Waals surface area contributed by atoms with Gasteiger partial charge in [0.05, 0.1) is 15.8 Å². The zero-order valence-electron chi connectivity index (χ0n) is 15.3. The fourth-order valence-electron chi connectivity index (χ4n) is 3.01. The molecule has 0 fully saturated rings. The van der Waals surface area contributed by atoms with Crippen molar-refractivity contribution in [1.29, 1.82) is 0 Å². The van der Waals surface area contributed by atoms with Crippen molar-refractivity contribution in [2.75, 3.05) is 50.9 Å². The molecule has 0 aliphatic carbocycles. The number of hydrogen-bond acceptors (Lipinski definition) is 6. The van der Waals surface area contributed by atoms with Crippen molar-refractivity contribution in [2.45, 2.75) is 6.42 Å². The first kappa shape index (κ1) is 18.6. The summed E-state index contributed by atoms with van der Waals surface area (Å²) in [6.07, 6.45) is 1.02. The van der Waals surface area contributed by atoms with Gasteiger partial charge in [0.2, 0.25) is 0 Å². The van der Waals surface area contributed by atoms with Crippen molar-refractivity contribution in [2.24, 2.45) is 5.73 Å². The molecule has 0 amide bonds. The van der Waals surface area contributed by atoms with Crippen LogP contribution in [0.5, 0.6) is 0 Å². The molecule has 0 saturated carbocycles. The lowest BCUT2D eigenvalue weighted by Gasteiger charge is -2.15. The van der Waals surface area contributed by atoms with E-state index in [0.717, 1.165) is 51.1 Å². The van der Waals surface area contributed by atoms with Gasteiger partial charge in [-0.05, 0) is 51.3 Å². The second-order valence-corrected chi connectivity index (χ2v) is 7.64. The molecular weight excluding hydrogens is 344 g/mol. The van der Waals surface area contributed by atoms with E-state index in [0.29, 0.717) is 13.1 Å². The molecule has 0 aliphatic heterocycles. The third-order valence-electron chi connectivity index (χ3n) is 4.29. The van der Waals surface area contributed by atoms with E-state index < -0.39 is 0 Å². The van der Waals surface area contributed by atoms with Crippen molar-refractivity contribution >= 4 is 42.9 Å². The van der Waals surface area contributed by atoms with Crippen LogP contribution in [-0.2, 0) is 0 Å². The lowest BCUT2D eigenvalue weighted by Crippen LogP contribution is -2.17. The molecule has 0 saturated heterocycles. The summed E-state index contributed by atoms with van der Waals surface area (Å²) in [6, 6.07) is 11.8. The Morgan fingerprint density at radius 2 is 1.77 bits per heavy atom. The van der Waals surface area contributed by atoms with Gasteiger partial charge in [0.1, 0.15) is 0 Å². The molecule has 0 radical (unpaired) electrons. The van der Waals surface area contributed by atoms with E-state index in [9.17, 15) is 4.79 Å². The standard InChI is InChI=1S/C20H26N4OS/c1-24(2)13-5-11-22-15-8-9-16(23-12-10-21)20-18(15)19(25)14-6-3-4-7-17(14)26-20/h3-4,6-9,22-23H,5,10-13,21H2,1-2H3. The van der Waals surface area contributed by atoms with E-state index in [-0.39, 0.29) is 5.43 Å². The van der Waals surface area contributed by atoms with Gasteiger partial charge in [-0.15, -0.1) is 11.3 Å². The van der Waals surface area contributed by atoms with Crippen LogP contribution >= 0.6 is 11.3 Å². The van der Waals surface area contributed by atoms with Crippen molar-refractivity contribution in [3.63, 3.8) is 0 Å². The maximum absolute atomic E-state index is 13.2. The Kier molecular flexibility index (Phi) is 6.08. The fraction of sp³-hybridized carbons (Fsp3) is 0.350. The van der Waals surface area contributed by atoms with E-state index in [2.05, 4.69) is 29.6 Å². The zero-order valence-corrected chi connectivity index (χ0v) is 16.2. The van der Waals surface area contributed by atoms with Crippen LogP contribution in [0, 0.1) is 0 Å². The summed E-state index contributed by atoms with van der Waals surface area (Å²) in [7, 11) is 4.13. The maximum Gasteiger partial charge on any atom is 0.198 e. The SMILES string of the molecule is CN(C)CCCNc1ccc(NCCN)c2sc3ccccc3c(=O)c12. The molecule has 0 bridgehead atoms. The van der Waals surface area contributed by atoms with Crippen LogP contribution in [0.25, 0.3) is 20.2 Å². The van der Waals surface area contributed by atoms with Gasteiger partial charge in [0, 0.05) is 35.4 Å². The molecule has 26 heavy (non-hydrogen) atoms. The predicted molar refractivity (Wildman–Crippen MR) is 115 cm³/mol. The Morgan fingerprint density at radius 3 is 2.54 bits per heavy atom. The summed E-state index contributed by atoms with van der Waals surface area (Å²) in [6.45, 7) is 3.07. The van der Waals surface area contributed by atoms with E-state index in [1.54, 1.807) is 11.3 Å². The molecule has 1 heterocycles. The first-order valence-corrected chi connectivity index (χ1v) is 9.74. The van der Waals surface area contributed by atoms with Gasteiger partial charge >= 0.3 is 0 Å². The average Bonchev–Trinajstić information content (AvgIpc) is 2.64. The van der Waals surface area contributed by atoms with Crippen LogP contribution < -0.4 is 21.8 Å². The number of nitrogens with two attached hydrogens (primary N) is 1. The summed E-state index contributed by atoms with van der Waals surface area (Å²) in [5.74, 6) is 0. The number of rotatable bonds is 8. The highest BCUT2D eigenvalue weighted by molar-refractivity contribution is 7.25. The summed E-state index contributed by atoms with van der Waals surface area (Å²) < 4.78 is 1.99.